The second-order valence-corrected chi connectivity index (χ2v) is 6.04. The highest BCUT2D eigenvalue weighted by Gasteiger charge is 2.12. The van der Waals surface area contributed by atoms with Crippen LogP contribution in [0.4, 0.5) is 0 Å². The smallest absolute Gasteiger partial charge is 0.0594 e. The number of ether oxygens (including phenoxy) is 1. The molecule has 1 aromatic carbocycles. The zero-order valence-electron chi connectivity index (χ0n) is 12.4. The molecule has 1 rings (SSSR count). The Morgan fingerprint density at radius 3 is 2.22 bits per heavy atom. The van der Waals surface area contributed by atoms with Gasteiger partial charge in [0.1, 0.15) is 0 Å². The monoisotopic (exact) mass is 249 g/mol. The van der Waals surface area contributed by atoms with E-state index in [9.17, 15) is 0 Å². The number of benzene rings is 1. The largest absolute Gasteiger partial charge is 0.377 e. The van der Waals surface area contributed by atoms with Gasteiger partial charge in [-0.1, -0.05) is 45.0 Å². The third-order valence-corrected chi connectivity index (χ3v) is 2.88. The maximum atomic E-state index is 5.48. The van der Waals surface area contributed by atoms with Crippen molar-refractivity contribution in [2.24, 2.45) is 0 Å². The number of rotatable bonds is 6. The summed E-state index contributed by atoms with van der Waals surface area (Å²) in [4.78, 5) is 0. The SMILES string of the molecule is CC(C)OCCNCc1ccc(C(C)(C)C)cc1. The van der Waals surface area contributed by atoms with Crippen LogP contribution in [0.2, 0.25) is 0 Å². The molecule has 102 valence electrons. The van der Waals surface area contributed by atoms with Crippen molar-refractivity contribution in [2.45, 2.75) is 52.7 Å². The standard InChI is InChI=1S/C16H27NO/c1-13(2)18-11-10-17-12-14-6-8-15(9-7-14)16(3,4)5/h6-9,13,17H,10-12H2,1-5H3. The van der Waals surface area contributed by atoms with E-state index in [1.165, 1.54) is 11.1 Å². The van der Waals surface area contributed by atoms with Crippen molar-refractivity contribution in [1.82, 2.24) is 5.32 Å². The Morgan fingerprint density at radius 2 is 1.72 bits per heavy atom. The van der Waals surface area contributed by atoms with Gasteiger partial charge in [-0.2, -0.15) is 0 Å². The Balaban J connectivity index is 2.31. The summed E-state index contributed by atoms with van der Waals surface area (Å²) in [6, 6.07) is 8.86. The van der Waals surface area contributed by atoms with Gasteiger partial charge in [0.25, 0.3) is 0 Å². The topological polar surface area (TPSA) is 21.3 Å². The predicted octanol–water partition coefficient (Wildman–Crippen LogP) is 3.50. The maximum Gasteiger partial charge on any atom is 0.0594 e. The minimum absolute atomic E-state index is 0.233. The van der Waals surface area contributed by atoms with Crippen LogP contribution in [0, 0.1) is 0 Å². The molecular weight excluding hydrogens is 222 g/mol. The quantitative estimate of drug-likeness (QED) is 0.779. The first kappa shape index (κ1) is 15.2. The van der Waals surface area contributed by atoms with Crippen LogP contribution in [-0.4, -0.2) is 19.3 Å². The predicted molar refractivity (Wildman–Crippen MR) is 77.9 cm³/mol. The van der Waals surface area contributed by atoms with Gasteiger partial charge in [0.05, 0.1) is 12.7 Å². The highest BCUT2D eigenvalue weighted by molar-refractivity contribution is 5.27. The molecule has 0 aliphatic rings. The van der Waals surface area contributed by atoms with Crippen LogP contribution in [0.1, 0.15) is 45.7 Å². The lowest BCUT2D eigenvalue weighted by Crippen LogP contribution is -2.21. The molecule has 2 heteroatoms. The zero-order chi connectivity index (χ0) is 13.6. The summed E-state index contributed by atoms with van der Waals surface area (Å²) in [6.07, 6.45) is 0.317. The van der Waals surface area contributed by atoms with E-state index in [4.69, 9.17) is 4.74 Å². The van der Waals surface area contributed by atoms with Gasteiger partial charge in [0.15, 0.2) is 0 Å². The molecule has 0 saturated heterocycles. The van der Waals surface area contributed by atoms with Gasteiger partial charge in [-0.05, 0) is 30.4 Å². The summed E-state index contributed by atoms with van der Waals surface area (Å²) in [6.45, 7) is 13.4. The van der Waals surface area contributed by atoms with Gasteiger partial charge in [0, 0.05) is 13.1 Å². The first-order valence-corrected chi connectivity index (χ1v) is 6.81. The zero-order valence-corrected chi connectivity index (χ0v) is 12.4. The van der Waals surface area contributed by atoms with Gasteiger partial charge in [-0.15, -0.1) is 0 Å². The van der Waals surface area contributed by atoms with Crippen LogP contribution >= 0.6 is 0 Å². The van der Waals surface area contributed by atoms with Gasteiger partial charge in [-0.3, -0.25) is 0 Å². The molecule has 1 N–H and O–H groups in total. The summed E-state index contributed by atoms with van der Waals surface area (Å²) >= 11 is 0. The van der Waals surface area contributed by atoms with E-state index >= 15 is 0 Å². The molecule has 0 aliphatic heterocycles. The van der Waals surface area contributed by atoms with Crippen LogP contribution in [-0.2, 0) is 16.7 Å². The third kappa shape index (κ3) is 5.65. The van der Waals surface area contributed by atoms with E-state index in [0.29, 0.717) is 6.10 Å². The van der Waals surface area contributed by atoms with Crippen LogP contribution in [0.3, 0.4) is 0 Å². The Hall–Kier alpha value is -0.860. The molecule has 0 aliphatic carbocycles. The molecule has 0 aromatic heterocycles. The average molecular weight is 249 g/mol. The molecule has 0 unspecified atom stereocenters. The van der Waals surface area contributed by atoms with E-state index in [0.717, 1.165) is 19.7 Å². The summed E-state index contributed by atoms with van der Waals surface area (Å²) in [5, 5.41) is 3.39. The second kappa shape index (κ2) is 6.91. The summed E-state index contributed by atoms with van der Waals surface area (Å²) in [5.74, 6) is 0. The van der Waals surface area contributed by atoms with E-state index < -0.39 is 0 Å². The van der Waals surface area contributed by atoms with E-state index in [-0.39, 0.29) is 5.41 Å². The van der Waals surface area contributed by atoms with Crippen molar-refractivity contribution in [1.29, 1.82) is 0 Å². The fraction of sp³-hybridized carbons (Fsp3) is 0.625. The fourth-order valence-electron chi connectivity index (χ4n) is 1.72. The van der Waals surface area contributed by atoms with Crippen molar-refractivity contribution in [2.75, 3.05) is 13.2 Å². The van der Waals surface area contributed by atoms with Gasteiger partial charge in [-0.25, -0.2) is 0 Å². The lowest BCUT2D eigenvalue weighted by atomic mass is 9.87. The minimum atomic E-state index is 0.233. The van der Waals surface area contributed by atoms with E-state index in [1.807, 2.05) is 0 Å². The summed E-state index contributed by atoms with van der Waals surface area (Å²) in [7, 11) is 0. The number of nitrogens with one attached hydrogen (secondary N) is 1. The fourth-order valence-corrected chi connectivity index (χ4v) is 1.72. The van der Waals surface area contributed by atoms with Crippen LogP contribution in [0.5, 0.6) is 0 Å². The molecule has 0 fully saturated rings. The van der Waals surface area contributed by atoms with Crippen LogP contribution in [0.15, 0.2) is 24.3 Å². The molecule has 0 amide bonds. The molecule has 0 bridgehead atoms. The first-order valence-electron chi connectivity index (χ1n) is 6.81. The van der Waals surface area contributed by atoms with Gasteiger partial charge >= 0.3 is 0 Å². The average Bonchev–Trinajstić information content (AvgIpc) is 2.27. The lowest BCUT2D eigenvalue weighted by Gasteiger charge is -2.19. The third-order valence-electron chi connectivity index (χ3n) is 2.88. The Kier molecular flexibility index (Phi) is 5.83. The second-order valence-electron chi connectivity index (χ2n) is 6.04. The van der Waals surface area contributed by atoms with Crippen molar-refractivity contribution < 1.29 is 4.74 Å². The Bertz CT molecular complexity index is 335. The van der Waals surface area contributed by atoms with Gasteiger partial charge < -0.3 is 10.1 Å². The van der Waals surface area contributed by atoms with E-state index in [2.05, 4.69) is 64.2 Å². The molecule has 18 heavy (non-hydrogen) atoms. The normalized spacial score (nSPS) is 12.1. The summed E-state index contributed by atoms with van der Waals surface area (Å²) < 4.78 is 5.48. The number of hydrogen-bond donors (Lipinski definition) is 1. The van der Waals surface area contributed by atoms with Crippen molar-refractivity contribution >= 4 is 0 Å². The summed E-state index contributed by atoms with van der Waals surface area (Å²) in [5.41, 5.74) is 2.94. The molecule has 1 aromatic rings. The maximum absolute atomic E-state index is 5.48. The van der Waals surface area contributed by atoms with Crippen LogP contribution < -0.4 is 5.32 Å². The molecular formula is C16H27NO. The van der Waals surface area contributed by atoms with E-state index in [1.54, 1.807) is 0 Å². The van der Waals surface area contributed by atoms with Crippen molar-refractivity contribution in [3.63, 3.8) is 0 Å². The molecule has 0 spiro atoms. The first-order chi connectivity index (χ1) is 8.39. The Labute approximate surface area is 112 Å². The Morgan fingerprint density at radius 1 is 1.11 bits per heavy atom. The molecule has 0 saturated carbocycles. The molecule has 2 nitrogen and oxygen atoms in total. The highest BCUT2D eigenvalue weighted by Crippen LogP contribution is 2.21. The van der Waals surface area contributed by atoms with Crippen molar-refractivity contribution in [3.05, 3.63) is 35.4 Å². The van der Waals surface area contributed by atoms with Crippen molar-refractivity contribution in [3.8, 4) is 0 Å². The molecule has 0 heterocycles. The van der Waals surface area contributed by atoms with Gasteiger partial charge in [0.2, 0.25) is 0 Å². The highest BCUT2D eigenvalue weighted by atomic mass is 16.5. The molecule has 0 radical (unpaired) electrons. The molecule has 0 atom stereocenters. The minimum Gasteiger partial charge on any atom is -0.377 e. The lowest BCUT2D eigenvalue weighted by molar-refractivity contribution is 0.0807. The van der Waals surface area contributed by atoms with Crippen LogP contribution in [0.25, 0.3) is 0 Å². The number of hydrogen-bond acceptors (Lipinski definition) is 2.